The molecule has 4 heteroatoms. The van der Waals surface area contributed by atoms with E-state index in [-0.39, 0.29) is 5.75 Å². The third-order valence-corrected chi connectivity index (χ3v) is 3.47. The number of nitrogens with zero attached hydrogens (tertiary/aromatic N) is 2. The Morgan fingerprint density at radius 2 is 1.81 bits per heavy atom. The van der Waals surface area contributed by atoms with Gasteiger partial charge >= 0.3 is 0 Å². The minimum Gasteiger partial charge on any atom is -0.504 e. The van der Waals surface area contributed by atoms with Gasteiger partial charge in [-0.3, -0.25) is 0 Å². The molecular weight excluding hydrogens is 262 g/mol. The number of benzene rings is 1. The topological polar surface area (TPSA) is 58.0 Å². The van der Waals surface area contributed by atoms with Crippen LogP contribution in [0.2, 0.25) is 0 Å². The maximum absolute atomic E-state index is 9.35. The number of anilines is 1. The predicted octanol–water partition coefficient (Wildman–Crippen LogP) is 3.71. The summed E-state index contributed by atoms with van der Waals surface area (Å²) in [7, 11) is 0. The lowest BCUT2D eigenvalue weighted by molar-refractivity contribution is 0.464. The van der Waals surface area contributed by atoms with Crippen LogP contribution < -0.4 is 5.32 Å². The second kappa shape index (κ2) is 8.25. The summed E-state index contributed by atoms with van der Waals surface area (Å²) >= 11 is 0. The molecule has 2 rings (SSSR count). The van der Waals surface area contributed by atoms with Gasteiger partial charge in [0.1, 0.15) is 0 Å². The van der Waals surface area contributed by atoms with Crippen LogP contribution in [0.15, 0.2) is 36.5 Å². The van der Waals surface area contributed by atoms with Crippen molar-refractivity contribution in [1.82, 2.24) is 9.97 Å². The molecule has 4 nitrogen and oxygen atoms in total. The Hall–Kier alpha value is -2.10. The molecule has 1 aromatic heterocycles. The predicted molar refractivity (Wildman–Crippen MR) is 85.5 cm³/mol. The van der Waals surface area contributed by atoms with E-state index in [1.54, 1.807) is 6.92 Å². The van der Waals surface area contributed by atoms with Crippen molar-refractivity contribution < 1.29 is 5.11 Å². The van der Waals surface area contributed by atoms with Crippen LogP contribution in [0.5, 0.6) is 5.75 Å². The van der Waals surface area contributed by atoms with Gasteiger partial charge in [0, 0.05) is 6.54 Å². The van der Waals surface area contributed by atoms with Gasteiger partial charge in [0.05, 0.1) is 11.9 Å². The normalized spacial score (nSPS) is 10.5. The molecule has 0 unspecified atom stereocenters. The fourth-order valence-electron chi connectivity index (χ4n) is 2.20. The summed E-state index contributed by atoms with van der Waals surface area (Å²) < 4.78 is 0. The van der Waals surface area contributed by atoms with Crippen molar-refractivity contribution in [3.05, 3.63) is 47.8 Å². The lowest BCUT2D eigenvalue weighted by Crippen LogP contribution is -2.05. The Morgan fingerprint density at radius 1 is 1.05 bits per heavy atom. The molecule has 1 heterocycles. The van der Waals surface area contributed by atoms with Crippen LogP contribution in [0.4, 0.5) is 5.95 Å². The van der Waals surface area contributed by atoms with Crippen LogP contribution in [0, 0.1) is 6.92 Å². The third-order valence-electron chi connectivity index (χ3n) is 3.47. The number of hydrogen-bond acceptors (Lipinski definition) is 4. The standard InChI is InChI=1S/C17H23N3O/c1-14-16(21)13-19-17(20-14)18-12-8-3-2-5-9-15-10-6-4-7-11-15/h4,6-7,10-11,13,21H,2-3,5,8-9,12H2,1H3,(H,18,19,20). The van der Waals surface area contributed by atoms with Crippen molar-refractivity contribution in [2.75, 3.05) is 11.9 Å². The summed E-state index contributed by atoms with van der Waals surface area (Å²) in [5.41, 5.74) is 2.03. The van der Waals surface area contributed by atoms with Gasteiger partial charge in [-0.15, -0.1) is 0 Å². The zero-order chi connectivity index (χ0) is 14.9. The van der Waals surface area contributed by atoms with E-state index < -0.39 is 0 Å². The smallest absolute Gasteiger partial charge is 0.223 e. The molecule has 0 aliphatic carbocycles. The molecule has 0 atom stereocenters. The van der Waals surface area contributed by atoms with E-state index >= 15 is 0 Å². The molecule has 0 amide bonds. The van der Waals surface area contributed by atoms with Gasteiger partial charge in [-0.25, -0.2) is 9.97 Å². The molecule has 0 spiro atoms. The lowest BCUT2D eigenvalue weighted by Gasteiger charge is -2.06. The number of hydrogen-bond donors (Lipinski definition) is 2. The van der Waals surface area contributed by atoms with Crippen molar-refractivity contribution in [2.45, 2.75) is 39.0 Å². The second-order valence-corrected chi connectivity index (χ2v) is 5.24. The van der Waals surface area contributed by atoms with E-state index in [4.69, 9.17) is 0 Å². The molecule has 21 heavy (non-hydrogen) atoms. The molecule has 2 N–H and O–H groups in total. The minimum absolute atomic E-state index is 0.140. The molecule has 0 aliphatic rings. The zero-order valence-electron chi connectivity index (χ0n) is 12.5. The second-order valence-electron chi connectivity index (χ2n) is 5.24. The highest BCUT2D eigenvalue weighted by atomic mass is 16.3. The van der Waals surface area contributed by atoms with Crippen LogP contribution in [-0.4, -0.2) is 21.6 Å². The highest BCUT2D eigenvalue weighted by Crippen LogP contribution is 2.13. The van der Waals surface area contributed by atoms with Crippen LogP contribution in [0.1, 0.15) is 36.9 Å². The fraction of sp³-hybridized carbons (Fsp3) is 0.412. The summed E-state index contributed by atoms with van der Waals surface area (Å²) in [6.45, 7) is 2.64. The molecule has 0 radical (unpaired) electrons. The fourth-order valence-corrected chi connectivity index (χ4v) is 2.20. The first kappa shape index (κ1) is 15.3. The van der Waals surface area contributed by atoms with E-state index in [0.717, 1.165) is 19.4 Å². The summed E-state index contributed by atoms with van der Waals surface area (Å²) in [6, 6.07) is 10.6. The van der Waals surface area contributed by atoms with Crippen LogP contribution in [-0.2, 0) is 6.42 Å². The molecule has 0 aliphatic heterocycles. The molecule has 0 saturated heterocycles. The first-order valence-corrected chi connectivity index (χ1v) is 7.56. The Bertz CT molecular complexity index is 543. The number of rotatable bonds is 8. The Kier molecular flexibility index (Phi) is 6.00. The van der Waals surface area contributed by atoms with Gasteiger partial charge in [0.2, 0.25) is 5.95 Å². The quantitative estimate of drug-likeness (QED) is 0.726. The molecule has 0 fully saturated rings. The maximum atomic E-state index is 9.35. The summed E-state index contributed by atoms with van der Waals surface area (Å²) in [6.07, 6.45) is 7.39. The third kappa shape index (κ3) is 5.42. The maximum Gasteiger partial charge on any atom is 0.223 e. The first-order chi connectivity index (χ1) is 10.3. The highest BCUT2D eigenvalue weighted by Gasteiger charge is 2.00. The molecule has 0 bridgehead atoms. The van der Waals surface area contributed by atoms with Gasteiger partial charge < -0.3 is 10.4 Å². The van der Waals surface area contributed by atoms with E-state index in [1.165, 1.54) is 31.0 Å². The molecule has 0 saturated carbocycles. The average Bonchev–Trinajstić information content (AvgIpc) is 2.51. The number of aryl methyl sites for hydroxylation is 2. The van der Waals surface area contributed by atoms with Gasteiger partial charge in [-0.1, -0.05) is 43.2 Å². The lowest BCUT2D eigenvalue weighted by atomic mass is 10.1. The highest BCUT2D eigenvalue weighted by molar-refractivity contribution is 5.31. The van der Waals surface area contributed by atoms with Crippen LogP contribution >= 0.6 is 0 Å². The largest absolute Gasteiger partial charge is 0.504 e. The number of nitrogens with one attached hydrogen (secondary N) is 1. The average molecular weight is 285 g/mol. The molecule has 1 aromatic carbocycles. The number of aromatic nitrogens is 2. The number of unbranched alkanes of at least 4 members (excludes halogenated alkanes) is 3. The van der Waals surface area contributed by atoms with E-state index in [2.05, 4.69) is 45.6 Å². The van der Waals surface area contributed by atoms with E-state index in [9.17, 15) is 5.11 Å². The summed E-state index contributed by atoms with van der Waals surface area (Å²) in [5, 5.41) is 12.5. The Labute approximate surface area is 126 Å². The van der Waals surface area contributed by atoms with Gasteiger partial charge in [0.25, 0.3) is 0 Å². The van der Waals surface area contributed by atoms with Crippen molar-refractivity contribution in [3.8, 4) is 5.75 Å². The molecule has 112 valence electrons. The van der Waals surface area contributed by atoms with Crippen molar-refractivity contribution >= 4 is 5.95 Å². The van der Waals surface area contributed by atoms with Crippen molar-refractivity contribution in [1.29, 1.82) is 0 Å². The van der Waals surface area contributed by atoms with Gasteiger partial charge in [-0.2, -0.15) is 0 Å². The van der Waals surface area contributed by atoms with Crippen molar-refractivity contribution in [2.24, 2.45) is 0 Å². The van der Waals surface area contributed by atoms with E-state index in [0.29, 0.717) is 11.6 Å². The first-order valence-electron chi connectivity index (χ1n) is 7.56. The van der Waals surface area contributed by atoms with Crippen LogP contribution in [0.3, 0.4) is 0 Å². The number of aromatic hydroxyl groups is 1. The SMILES string of the molecule is Cc1nc(NCCCCCCc2ccccc2)ncc1O. The minimum atomic E-state index is 0.140. The monoisotopic (exact) mass is 285 g/mol. The van der Waals surface area contributed by atoms with Crippen LogP contribution in [0.25, 0.3) is 0 Å². The summed E-state index contributed by atoms with van der Waals surface area (Å²) in [4.78, 5) is 8.21. The summed E-state index contributed by atoms with van der Waals surface area (Å²) in [5.74, 6) is 0.732. The van der Waals surface area contributed by atoms with Gasteiger partial charge in [-0.05, 0) is 31.7 Å². The van der Waals surface area contributed by atoms with E-state index in [1.807, 2.05) is 0 Å². The zero-order valence-corrected chi connectivity index (χ0v) is 12.5. The molecular formula is C17H23N3O. The Morgan fingerprint density at radius 3 is 2.57 bits per heavy atom. The van der Waals surface area contributed by atoms with Gasteiger partial charge in [0.15, 0.2) is 5.75 Å². The van der Waals surface area contributed by atoms with Crippen molar-refractivity contribution in [3.63, 3.8) is 0 Å². The Balaban J connectivity index is 1.55. The molecule has 2 aromatic rings.